The van der Waals surface area contributed by atoms with Crippen LogP contribution in [0.1, 0.15) is 29.3 Å². The predicted octanol–water partition coefficient (Wildman–Crippen LogP) is 9.45. The molecule has 6 rings (SSSR count). The number of hydrogen-bond donors (Lipinski definition) is 2. The maximum Gasteiger partial charge on any atom is 0.272 e. The summed E-state index contributed by atoms with van der Waals surface area (Å²) < 4.78 is 0. The standard InChI is InChI=1S/C38H30ClN3O3S2/c1-2-33(38(45)42-31-19-8-10-21-34(31)47-35-22-11-9-20-32(35)42)46-28-17-12-16-27(24-28)40-37(44)30(23-26-15-6-7-18-29(26)39)41-36(43)25-13-4-3-5-14-25/h3-24,33H,2H2,1H3,(H,40,44)(H,41,43)/b30-23-. The minimum atomic E-state index is -0.515. The zero-order valence-electron chi connectivity index (χ0n) is 25.4. The van der Waals surface area contributed by atoms with Crippen molar-refractivity contribution in [2.75, 3.05) is 10.2 Å². The normalized spacial score (nSPS) is 12.8. The summed E-state index contributed by atoms with van der Waals surface area (Å²) in [6, 6.07) is 39.0. The highest BCUT2D eigenvalue weighted by Gasteiger charge is 2.32. The van der Waals surface area contributed by atoms with Gasteiger partial charge in [0.15, 0.2) is 0 Å². The van der Waals surface area contributed by atoms with E-state index in [1.165, 1.54) is 11.8 Å². The van der Waals surface area contributed by atoms with Gasteiger partial charge in [0.2, 0.25) is 5.91 Å². The van der Waals surface area contributed by atoms with Gasteiger partial charge in [0.05, 0.1) is 16.6 Å². The average Bonchev–Trinajstić information content (AvgIpc) is 3.10. The summed E-state index contributed by atoms with van der Waals surface area (Å²) in [7, 11) is 0. The summed E-state index contributed by atoms with van der Waals surface area (Å²) in [5.41, 5.74) is 3.30. The molecule has 0 saturated carbocycles. The molecule has 1 aliphatic rings. The van der Waals surface area contributed by atoms with Crippen LogP contribution in [0.4, 0.5) is 17.1 Å². The van der Waals surface area contributed by atoms with Gasteiger partial charge >= 0.3 is 0 Å². The van der Waals surface area contributed by atoms with Gasteiger partial charge in [0.1, 0.15) is 5.70 Å². The monoisotopic (exact) mass is 675 g/mol. The van der Waals surface area contributed by atoms with E-state index in [4.69, 9.17) is 11.6 Å². The molecule has 0 radical (unpaired) electrons. The summed E-state index contributed by atoms with van der Waals surface area (Å²) in [5.74, 6) is -0.953. The van der Waals surface area contributed by atoms with Crippen LogP contribution in [0.5, 0.6) is 0 Å². The first-order chi connectivity index (χ1) is 22.9. The van der Waals surface area contributed by atoms with Crippen molar-refractivity contribution in [3.63, 3.8) is 0 Å². The number of amides is 3. The zero-order chi connectivity index (χ0) is 32.8. The lowest BCUT2D eigenvalue weighted by Gasteiger charge is -2.33. The van der Waals surface area contributed by atoms with Crippen LogP contribution in [0.3, 0.4) is 0 Å². The van der Waals surface area contributed by atoms with E-state index in [1.807, 2.05) is 84.6 Å². The maximum absolute atomic E-state index is 14.2. The summed E-state index contributed by atoms with van der Waals surface area (Å²) in [4.78, 5) is 45.6. The van der Waals surface area contributed by atoms with Gasteiger partial charge in [-0.1, -0.05) is 97.0 Å². The SMILES string of the molecule is CCC(Sc1cccc(NC(=O)/C(=C/c2ccccc2Cl)NC(=O)c2ccccc2)c1)C(=O)N1c2ccccc2Sc2ccccc21. The Morgan fingerprint density at radius 3 is 2.13 bits per heavy atom. The number of nitrogens with one attached hydrogen (secondary N) is 2. The highest BCUT2D eigenvalue weighted by molar-refractivity contribution is 8.00. The van der Waals surface area contributed by atoms with Crippen LogP contribution in [-0.2, 0) is 9.59 Å². The molecular weight excluding hydrogens is 646 g/mol. The van der Waals surface area contributed by atoms with Crippen molar-refractivity contribution in [1.29, 1.82) is 0 Å². The number of hydrogen-bond acceptors (Lipinski definition) is 5. The quantitative estimate of drug-likeness (QED) is 0.120. The summed E-state index contributed by atoms with van der Waals surface area (Å²) in [5, 5.41) is 5.72. The van der Waals surface area contributed by atoms with Gasteiger partial charge in [-0.25, -0.2) is 0 Å². The van der Waals surface area contributed by atoms with Crippen molar-refractivity contribution >= 4 is 76.0 Å². The molecule has 0 aromatic heterocycles. The molecule has 1 heterocycles. The molecule has 3 amide bonds. The first-order valence-corrected chi connectivity index (χ1v) is 17.1. The third-order valence-electron chi connectivity index (χ3n) is 7.40. The van der Waals surface area contributed by atoms with Gasteiger partial charge in [-0.2, -0.15) is 0 Å². The van der Waals surface area contributed by atoms with E-state index in [2.05, 4.69) is 10.6 Å². The van der Waals surface area contributed by atoms with E-state index in [1.54, 1.807) is 72.4 Å². The van der Waals surface area contributed by atoms with Crippen LogP contribution in [0, 0.1) is 0 Å². The fraction of sp³-hybridized carbons (Fsp3) is 0.0789. The number of carbonyl (C=O) groups is 3. The van der Waals surface area contributed by atoms with Crippen molar-refractivity contribution in [1.82, 2.24) is 5.32 Å². The maximum atomic E-state index is 14.2. The van der Waals surface area contributed by atoms with E-state index in [9.17, 15) is 14.4 Å². The van der Waals surface area contributed by atoms with Crippen LogP contribution >= 0.6 is 35.1 Å². The fourth-order valence-corrected chi connectivity index (χ4v) is 7.40. The number of nitrogens with zero attached hydrogens (tertiary/aromatic N) is 1. The van der Waals surface area contributed by atoms with Crippen molar-refractivity contribution in [3.8, 4) is 0 Å². The zero-order valence-corrected chi connectivity index (χ0v) is 27.7. The summed E-state index contributed by atoms with van der Waals surface area (Å²) >= 11 is 9.50. The Morgan fingerprint density at radius 1 is 0.809 bits per heavy atom. The second kappa shape index (κ2) is 14.8. The summed E-state index contributed by atoms with van der Waals surface area (Å²) in [6.45, 7) is 2.00. The molecular formula is C38H30ClN3O3S2. The first kappa shape index (κ1) is 32.2. The van der Waals surface area contributed by atoms with Gasteiger partial charge in [-0.3, -0.25) is 19.3 Å². The Balaban J connectivity index is 1.23. The molecule has 0 saturated heterocycles. The molecule has 47 heavy (non-hydrogen) atoms. The lowest BCUT2D eigenvalue weighted by molar-refractivity contribution is -0.117. The van der Waals surface area contributed by atoms with Gasteiger partial charge in [0.25, 0.3) is 11.8 Å². The van der Waals surface area contributed by atoms with Crippen LogP contribution in [0.2, 0.25) is 5.02 Å². The van der Waals surface area contributed by atoms with Crippen molar-refractivity contribution < 1.29 is 14.4 Å². The Morgan fingerprint density at radius 2 is 1.45 bits per heavy atom. The van der Waals surface area contributed by atoms with Crippen molar-refractivity contribution in [2.45, 2.75) is 33.3 Å². The van der Waals surface area contributed by atoms with Crippen LogP contribution in [0.15, 0.2) is 148 Å². The number of fused-ring (bicyclic) bond motifs is 2. The van der Waals surface area contributed by atoms with Crippen molar-refractivity contribution in [3.05, 3.63) is 149 Å². The van der Waals surface area contributed by atoms with Crippen molar-refractivity contribution in [2.24, 2.45) is 0 Å². The molecule has 1 aliphatic heterocycles. The predicted molar refractivity (Wildman–Crippen MR) is 192 cm³/mol. The van der Waals surface area contributed by atoms with Gasteiger partial charge < -0.3 is 10.6 Å². The Hall–Kier alpha value is -4.76. The lowest BCUT2D eigenvalue weighted by atomic mass is 10.1. The number of benzene rings is 5. The van der Waals surface area contributed by atoms with Gasteiger partial charge in [0, 0.05) is 31.0 Å². The number of anilines is 3. The molecule has 1 atom stereocenters. The lowest BCUT2D eigenvalue weighted by Crippen LogP contribution is -2.35. The smallest absolute Gasteiger partial charge is 0.272 e. The Bertz CT molecular complexity index is 1940. The average molecular weight is 676 g/mol. The molecule has 0 aliphatic carbocycles. The molecule has 0 spiro atoms. The number of rotatable bonds is 9. The number of carbonyl (C=O) groups excluding carboxylic acids is 3. The molecule has 9 heteroatoms. The van der Waals surface area contributed by atoms with Gasteiger partial charge in [-0.15, -0.1) is 11.8 Å². The summed E-state index contributed by atoms with van der Waals surface area (Å²) in [6.07, 6.45) is 2.15. The molecule has 1 unspecified atom stereocenters. The number of para-hydroxylation sites is 2. The minimum absolute atomic E-state index is 0.0132. The molecule has 5 aromatic rings. The van der Waals surface area contributed by atoms with Crippen LogP contribution < -0.4 is 15.5 Å². The van der Waals surface area contributed by atoms with E-state index in [0.717, 1.165) is 26.1 Å². The fourth-order valence-electron chi connectivity index (χ4n) is 5.09. The highest BCUT2D eigenvalue weighted by atomic mass is 35.5. The first-order valence-electron chi connectivity index (χ1n) is 15.0. The third-order valence-corrected chi connectivity index (χ3v) is 10.2. The van der Waals surface area contributed by atoms with E-state index in [0.29, 0.717) is 28.3 Å². The van der Waals surface area contributed by atoms with E-state index < -0.39 is 11.8 Å². The molecule has 234 valence electrons. The minimum Gasteiger partial charge on any atom is -0.321 e. The molecule has 2 N–H and O–H groups in total. The Labute approximate surface area is 287 Å². The molecule has 6 nitrogen and oxygen atoms in total. The van der Waals surface area contributed by atoms with E-state index in [-0.39, 0.29) is 16.9 Å². The van der Waals surface area contributed by atoms with Gasteiger partial charge in [-0.05, 0) is 78.7 Å². The molecule has 0 bridgehead atoms. The third kappa shape index (κ3) is 7.46. The molecule has 5 aromatic carbocycles. The van der Waals surface area contributed by atoms with Crippen LogP contribution in [-0.4, -0.2) is 23.0 Å². The second-order valence-electron chi connectivity index (χ2n) is 10.6. The largest absolute Gasteiger partial charge is 0.321 e. The highest BCUT2D eigenvalue weighted by Crippen LogP contribution is 2.49. The number of halogens is 1. The molecule has 0 fully saturated rings. The topological polar surface area (TPSA) is 78.5 Å². The van der Waals surface area contributed by atoms with E-state index >= 15 is 0 Å². The second-order valence-corrected chi connectivity index (χ2v) is 13.4. The number of thioether (sulfide) groups is 1. The Kier molecular flexibility index (Phi) is 10.1. The van der Waals surface area contributed by atoms with Crippen LogP contribution in [0.25, 0.3) is 6.08 Å².